The van der Waals surface area contributed by atoms with E-state index < -0.39 is 5.97 Å². The normalized spacial score (nSPS) is 20.2. The summed E-state index contributed by atoms with van der Waals surface area (Å²) in [7, 11) is 0. The number of rotatable bonds is 3. The van der Waals surface area contributed by atoms with E-state index in [2.05, 4.69) is 8.75 Å². The second kappa shape index (κ2) is 5.22. The number of likely N-dealkylation sites (tertiary alicyclic amines) is 1. The quantitative estimate of drug-likeness (QED) is 0.871. The minimum atomic E-state index is -0.869. The lowest BCUT2D eigenvalue weighted by atomic mass is 9.99. The summed E-state index contributed by atoms with van der Waals surface area (Å²) in [6, 6.07) is -0.213. The van der Waals surface area contributed by atoms with Crippen molar-refractivity contribution in [3.8, 4) is 0 Å². The summed E-state index contributed by atoms with van der Waals surface area (Å²) in [6.45, 7) is 0.605. The Kier molecular flexibility index (Phi) is 3.68. The number of hydrogen-bond donors (Lipinski definition) is 1. The lowest BCUT2D eigenvalue weighted by molar-refractivity contribution is -0.138. The third kappa shape index (κ3) is 2.79. The standard InChI is InChI=1S/C10H13N3O3S/c14-9(15)5-7-3-1-2-4-13(7)10(16)8-6-11-17-12-8/h6-7H,1-5H2,(H,14,15). The van der Waals surface area contributed by atoms with Gasteiger partial charge in [-0.3, -0.25) is 9.59 Å². The van der Waals surface area contributed by atoms with Gasteiger partial charge in [0, 0.05) is 12.6 Å². The highest BCUT2D eigenvalue weighted by Gasteiger charge is 2.30. The zero-order valence-electron chi connectivity index (χ0n) is 9.20. The minimum absolute atomic E-state index is 0.00328. The molecule has 1 saturated heterocycles. The highest BCUT2D eigenvalue weighted by atomic mass is 32.1. The molecule has 0 aromatic carbocycles. The number of aliphatic carboxylic acids is 1. The van der Waals surface area contributed by atoms with Gasteiger partial charge in [-0.15, -0.1) is 0 Å². The van der Waals surface area contributed by atoms with E-state index in [1.807, 2.05) is 0 Å². The van der Waals surface area contributed by atoms with Gasteiger partial charge in [-0.05, 0) is 19.3 Å². The van der Waals surface area contributed by atoms with E-state index in [-0.39, 0.29) is 18.4 Å². The third-order valence-electron chi connectivity index (χ3n) is 2.88. The van der Waals surface area contributed by atoms with Gasteiger partial charge < -0.3 is 10.0 Å². The molecule has 0 aliphatic carbocycles. The Morgan fingerprint density at radius 2 is 2.35 bits per heavy atom. The summed E-state index contributed by atoms with van der Waals surface area (Å²) in [6.07, 6.45) is 4.06. The van der Waals surface area contributed by atoms with Gasteiger partial charge in [-0.25, -0.2) is 0 Å². The SMILES string of the molecule is O=C(O)CC1CCCCN1C(=O)c1cnsn1. The Bertz CT molecular complexity index is 407. The highest BCUT2D eigenvalue weighted by molar-refractivity contribution is 6.99. The van der Waals surface area contributed by atoms with E-state index in [1.165, 1.54) is 6.20 Å². The Morgan fingerprint density at radius 3 is 3.00 bits per heavy atom. The maximum atomic E-state index is 12.1. The molecule has 17 heavy (non-hydrogen) atoms. The van der Waals surface area contributed by atoms with Crippen molar-refractivity contribution in [2.45, 2.75) is 31.7 Å². The molecule has 1 fully saturated rings. The monoisotopic (exact) mass is 255 g/mol. The molecule has 6 nitrogen and oxygen atoms in total. The van der Waals surface area contributed by atoms with Crippen molar-refractivity contribution < 1.29 is 14.7 Å². The molecule has 1 aromatic rings. The number of carbonyl (C=O) groups is 2. The van der Waals surface area contributed by atoms with Gasteiger partial charge >= 0.3 is 5.97 Å². The first-order valence-electron chi connectivity index (χ1n) is 5.49. The molecule has 92 valence electrons. The van der Waals surface area contributed by atoms with Crippen molar-refractivity contribution in [1.29, 1.82) is 0 Å². The number of hydrogen-bond acceptors (Lipinski definition) is 5. The van der Waals surface area contributed by atoms with Crippen molar-refractivity contribution in [1.82, 2.24) is 13.6 Å². The third-order valence-corrected chi connectivity index (χ3v) is 3.36. The molecule has 2 heterocycles. The van der Waals surface area contributed by atoms with Crippen molar-refractivity contribution in [2.24, 2.45) is 0 Å². The van der Waals surface area contributed by atoms with E-state index >= 15 is 0 Å². The summed E-state index contributed by atoms with van der Waals surface area (Å²) < 4.78 is 7.69. The fraction of sp³-hybridized carbons (Fsp3) is 0.600. The summed E-state index contributed by atoms with van der Waals surface area (Å²) >= 11 is 0.983. The number of carboxylic acids is 1. The molecule has 1 N–H and O–H groups in total. The van der Waals surface area contributed by atoms with Crippen molar-refractivity contribution in [3.05, 3.63) is 11.9 Å². The first-order chi connectivity index (χ1) is 8.18. The molecule has 0 saturated carbocycles. The van der Waals surface area contributed by atoms with E-state index in [0.29, 0.717) is 12.2 Å². The summed E-state index contributed by atoms with van der Waals surface area (Å²) in [5.74, 6) is -1.07. The summed E-state index contributed by atoms with van der Waals surface area (Å²) in [5, 5.41) is 8.83. The zero-order chi connectivity index (χ0) is 12.3. The van der Waals surface area contributed by atoms with Gasteiger partial charge in [0.15, 0.2) is 5.69 Å². The lowest BCUT2D eigenvalue weighted by Gasteiger charge is -2.34. The van der Waals surface area contributed by atoms with E-state index in [0.717, 1.165) is 31.0 Å². The van der Waals surface area contributed by atoms with Crippen LogP contribution in [0.1, 0.15) is 36.2 Å². The van der Waals surface area contributed by atoms with Crippen LogP contribution in [0, 0.1) is 0 Å². The van der Waals surface area contributed by atoms with Crippen LogP contribution in [0.2, 0.25) is 0 Å². The Labute approximate surface area is 103 Å². The van der Waals surface area contributed by atoms with Gasteiger partial charge in [0.2, 0.25) is 0 Å². The molecule has 1 aliphatic heterocycles. The maximum absolute atomic E-state index is 12.1. The number of amides is 1. The van der Waals surface area contributed by atoms with E-state index in [4.69, 9.17) is 5.11 Å². The smallest absolute Gasteiger partial charge is 0.305 e. The molecule has 0 spiro atoms. The van der Waals surface area contributed by atoms with Gasteiger partial charge in [0.05, 0.1) is 24.3 Å². The Balaban J connectivity index is 2.10. The van der Waals surface area contributed by atoms with Crippen LogP contribution in [0.3, 0.4) is 0 Å². The Hall–Kier alpha value is -1.50. The van der Waals surface area contributed by atoms with Gasteiger partial charge in [-0.2, -0.15) is 8.75 Å². The first kappa shape index (κ1) is 12.0. The minimum Gasteiger partial charge on any atom is -0.481 e. The summed E-state index contributed by atoms with van der Waals surface area (Å²) in [4.78, 5) is 24.5. The fourth-order valence-corrected chi connectivity index (χ4v) is 2.50. The van der Waals surface area contributed by atoms with Gasteiger partial charge in [-0.1, -0.05) is 0 Å². The molecule has 1 atom stereocenters. The molecular weight excluding hydrogens is 242 g/mol. The topological polar surface area (TPSA) is 83.4 Å². The van der Waals surface area contributed by atoms with Crippen LogP contribution in [-0.2, 0) is 4.79 Å². The number of carbonyl (C=O) groups excluding carboxylic acids is 1. The number of nitrogens with zero attached hydrogens (tertiary/aromatic N) is 3. The van der Waals surface area contributed by atoms with E-state index in [1.54, 1.807) is 4.90 Å². The van der Waals surface area contributed by atoms with Crippen LogP contribution in [-0.4, -0.2) is 43.2 Å². The van der Waals surface area contributed by atoms with Crippen LogP contribution in [0.15, 0.2) is 6.20 Å². The second-order valence-electron chi connectivity index (χ2n) is 4.04. The first-order valence-corrected chi connectivity index (χ1v) is 6.22. The number of carboxylic acid groups (broad SMARTS) is 1. The summed E-state index contributed by atoms with van der Waals surface area (Å²) in [5.41, 5.74) is 0.312. The average Bonchev–Trinajstić information content (AvgIpc) is 2.81. The largest absolute Gasteiger partial charge is 0.481 e. The molecule has 7 heteroatoms. The molecule has 1 unspecified atom stereocenters. The van der Waals surface area contributed by atoms with Crippen LogP contribution in [0.5, 0.6) is 0 Å². The molecule has 1 amide bonds. The van der Waals surface area contributed by atoms with Crippen molar-refractivity contribution in [3.63, 3.8) is 0 Å². The van der Waals surface area contributed by atoms with Crippen LogP contribution in [0.4, 0.5) is 0 Å². The van der Waals surface area contributed by atoms with Crippen molar-refractivity contribution in [2.75, 3.05) is 6.54 Å². The van der Waals surface area contributed by atoms with Gasteiger partial charge in [0.25, 0.3) is 5.91 Å². The van der Waals surface area contributed by atoms with Crippen LogP contribution >= 0.6 is 11.7 Å². The molecule has 1 aromatic heterocycles. The number of piperidine rings is 1. The molecule has 0 bridgehead atoms. The Morgan fingerprint density at radius 1 is 1.53 bits per heavy atom. The second-order valence-corrected chi connectivity index (χ2v) is 4.60. The van der Waals surface area contributed by atoms with E-state index in [9.17, 15) is 9.59 Å². The molecule has 2 rings (SSSR count). The van der Waals surface area contributed by atoms with Crippen molar-refractivity contribution >= 4 is 23.6 Å². The molecule has 1 aliphatic rings. The van der Waals surface area contributed by atoms with Crippen LogP contribution in [0.25, 0.3) is 0 Å². The fourth-order valence-electron chi connectivity index (χ4n) is 2.09. The predicted octanol–water partition coefficient (Wildman–Crippen LogP) is 1.01. The van der Waals surface area contributed by atoms with Gasteiger partial charge in [0.1, 0.15) is 0 Å². The maximum Gasteiger partial charge on any atom is 0.305 e. The average molecular weight is 255 g/mol. The number of aromatic nitrogens is 2. The molecular formula is C10H13N3O3S. The zero-order valence-corrected chi connectivity index (χ0v) is 10.0. The lowest BCUT2D eigenvalue weighted by Crippen LogP contribution is -2.44. The highest BCUT2D eigenvalue weighted by Crippen LogP contribution is 2.21. The molecule has 0 radical (unpaired) electrons. The van der Waals surface area contributed by atoms with Crippen LogP contribution < -0.4 is 0 Å². The predicted molar refractivity (Wildman–Crippen MR) is 60.8 cm³/mol.